The highest BCUT2D eigenvalue weighted by Gasteiger charge is 2.39. The maximum absolute atomic E-state index is 11.3. The van der Waals surface area contributed by atoms with Gasteiger partial charge in [-0.1, -0.05) is 20.8 Å². The van der Waals surface area contributed by atoms with Crippen molar-refractivity contribution in [3.05, 3.63) is 23.8 Å². The summed E-state index contributed by atoms with van der Waals surface area (Å²) in [6.45, 7) is 10.5. The van der Waals surface area contributed by atoms with Crippen molar-refractivity contribution in [1.29, 1.82) is 0 Å². The summed E-state index contributed by atoms with van der Waals surface area (Å²) < 4.78 is 11.1. The van der Waals surface area contributed by atoms with Crippen LogP contribution in [-0.4, -0.2) is 26.5 Å². The molecule has 0 saturated carbocycles. The first-order chi connectivity index (χ1) is 8.58. The number of methoxy groups -OCH3 is 1. The molecule has 0 aliphatic heterocycles. The van der Waals surface area contributed by atoms with Gasteiger partial charge in [0.05, 0.1) is 7.11 Å². The van der Waals surface area contributed by atoms with E-state index in [4.69, 9.17) is 9.16 Å². The second-order valence-corrected chi connectivity index (χ2v) is 10.8. The summed E-state index contributed by atoms with van der Waals surface area (Å²) in [5.74, 6) is -0.0764. The van der Waals surface area contributed by atoms with E-state index in [1.807, 2.05) is 0 Å². The number of rotatable bonds is 4. The molecule has 1 N–H and O–H groups in total. The average Bonchev–Trinajstić information content (AvgIpc) is 2.27. The largest absolute Gasteiger partial charge is 0.543 e. The molecule has 0 fully saturated rings. The molecule has 106 valence electrons. The quantitative estimate of drug-likeness (QED) is 0.854. The standard InChI is InChI=1S/C14H22O4Si/c1-14(2,3)19(5,6)18-12-8-7-10(17-4)9-11(12)13(15)16/h7-9H,1-6H3,(H,15,16). The lowest BCUT2D eigenvalue weighted by molar-refractivity contribution is 0.0694. The number of carbonyl (C=O) groups is 1. The van der Waals surface area contributed by atoms with Crippen LogP contribution in [0.4, 0.5) is 0 Å². The maximum Gasteiger partial charge on any atom is 0.339 e. The highest BCUT2D eigenvalue weighted by Crippen LogP contribution is 2.38. The van der Waals surface area contributed by atoms with E-state index in [9.17, 15) is 9.90 Å². The molecule has 4 nitrogen and oxygen atoms in total. The van der Waals surface area contributed by atoms with Crippen LogP contribution in [0.5, 0.6) is 11.5 Å². The molecule has 0 spiro atoms. The number of carboxylic acid groups (broad SMARTS) is 1. The number of aromatic carboxylic acids is 1. The van der Waals surface area contributed by atoms with E-state index in [1.165, 1.54) is 13.2 Å². The van der Waals surface area contributed by atoms with Crippen molar-refractivity contribution in [2.75, 3.05) is 7.11 Å². The van der Waals surface area contributed by atoms with Crippen molar-refractivity contribution in [3.63, 3.8) is 0 Å². The van der Waals surface area contributed by atoms with E-state index >= 15 is 0 Å². The summed E-state index contributed by atoms with van der Waals surface area (Å²) in [7, 11) is -0.545. The van der Waals surface area contributed by atoms with Crippen LogP contribution in [0.1, 0.15) is 31.1 Å². The van der Waals surface area contributed by atoms with Crippen LogP contribution >= 0.6 is 0 Å². The molecule has 0 aliphatic rings. The van der Waals surface area contributed by atoms with Crippen LogP contribution in [0.3, 0.4) is 0 Å². The van der Waals surface area contributed by atoms with Gasteiger partial charge in [0.1, 0.15) is 17.1 Å². The first kappa shape index (κ1) is 15.6. The third-order valence-corrected chi connectivity index (χ3v) is 7.93. The van der Waals surface area contributed by atoms with Gasteiger partial charge in [0.25, 0.3) is 8.32 Å². The predicted molar refractivity (Wildman–Crippen MR) is 77.8 cm³/mol. The molecule has 0 heterocycles. The van der Waals surface area contributed by atoms with Crippen molar-refractivity contribution < 1.29 is 19.1 Å². The first-order valence-electron chi connectivity index (χ1n) is 6.19. The lowest BCUT2D eigenvalue weighted by Gasteiger charge is -2.36. The Hall–Kier alpha value is -1.49. The Morgan fingerprint density at radius 2 is 1.84 bits per heavy atom. The number of carboxylic acids is 1. The normalized spacial score (nSPS) is 12.1. The van der Waals surface area contributed by atoms with Crippen molar-refractivity contribution in [2.45, 2.75) is 38.9 Å². The van der Waals surface area contributed by atoms with Crippen LogP contribution in [-0.2, 0) is 0 Å². The zero-order valence-corrected chi connectivity index (χ0v) is 13.4. The van der Waals surface area contributed by atoms with Crippen molar-refractivity contribution in [1.82, 2.24) is 0 Å². The van der Waals surface area contributed by atoms with Gasteiger partial charge in [0.2, 0.25) is 0 Å². The van der Waals surface area contributed by atoms with Crippen molar-refractivity contribution >= 4 is 14.3 Å². The van der Waals surface area contributed by atoms with Crippen molar-refractivity contribution in [3.8, 4) is 11.5 Å². The zero-order chi connectivity index (χ0) is 14.8. The van der Waals surface area contributed by atoms with Crippen LogP contribution in [0.15, 0.2) is 18.2 Å². The average molecular weight is 282 g/mol. The molecule has 0 saturated heterocycles. The van der Waals surface area contributed by atoms with Gasteiger partial charge in [0, 0.05) is 0 Å². The molecule has 0 bridgehead atoms. The Morgan fingerprint density at radius 1 is 1.26 bits per heavy atom. The molecule has 1 aromatic carbocycles. The van der Waals surface area contributed by atoms with Crippen LogP contribution in [0.25, 0.3) is 0 Å². The maximum atomic E-state index is 11.3. The topological polar surface area (TPSA) is 55.8 Å². The Kier molecular flexibility index (Phi) is 4.30. The monoisotopic (exact) mass is 282 g/mol. The minimum absolute atomic E-state index is 0.0166. The summed E-state index contributed by atoms with van der Waals surface area (Å²) >= 11 is 0. The molecule has 1 rings (SSSR count). The third kappa shape index (κ3) is 3.50. The van der Waals surface area contributed by atoms with Gasteiger partial charge in [-0.2, -0.15) is 0 Å². The molecule has 0 atom stereocenters. The van der Waals surface area contributed by atoms with Gasteiger partial charge in [-0.3, -0.25) is 0 Å². The minimum atomic E-state index is -2.05. The molecule has 0 unspecified atom stereocenters. The first-order valence-corrected chi connectivity index (χ1v) is 9.09. The number of ether oxygens (including phenoxy) is 1. The van der Waals surface area contributed by atoms with Gasteiger partial charge < -0.3 is 14.3 Å². The molecule has 1 aromatic rings. The van der Waals surface area contributed by atoms with E-state index in [2.05, 4.69) is 33.9 Å². The smallest absolute Gasteiger partial charge is 0.339 e. The molecule has 0 amide bonds. The third-order valence-electron chi connectivity index (χ3n) is 3.59. The molecular formula is C14H22O4Si. The number of benzene rings is 1. The van der Waals surface area contributed by atoms with Crippen LogP contribution in [0.2, 0.25) is 18.1 Å². The van der Waals surface area contributed by atoms with E-state index < -0.39 is 14.3 Å². The van der Waals surface area contributed by atoms with Gasteiger partial charge >= 0.3 is 5.97 Å². The summed E-state index contributed by atoms with van der Waals surface area (Å²) in [4.78, 5) is 11.3. The summed E-state index contributed by atoms with van der Waals surface area (Å²) in [5, 5.41) is 9.28. The molecule has 19 heavy (non-hydrogen) atoms. The molecule has 0 radical (unpaired) electrons. The molecule has 5 heteroatoms. The van der Waals surface area contributed by atoms with Crippen LogP contribution < -0.4 is 9.16 Å². The number of hydrogen-bond donors (Lipinski definition) is 1. The highest BCUT2D eigenvalue weighted by molar-refractivity contribution is 6.74. The lowest BCUT2D eigenvalue weighted by atomic mass is 10.2. The highest BCUT2D eigenvalue weighted by atomic mass is 28.4. The van der Waals surface area contributed by atoms with Crippen LogP contribution in [0, 0.1) is 0 Å². The molecule has 0 aromatic heterocycles. The fourth-order valence-electron chi connectivity index (χ4n) is 1.32. The fraction of sp³-hybridized carbons (Fsp3) is 0.500. The summed E-state index contributed by atoms with van der Waals surface area (Å²) in [5.41, 5.74) is 0.143. The summed E-state index contributed by atoms with van der Waals surface area (Å²) in [6.07, 6.45) is 0. The van der Waals surface area contributed by atoms with E-state index in [0.717, 1.165) is 0 Å². The SMILES string of the molecule is COc1ccc(O[Si](C)(C)C(C)(C)C)c(C(=O)O)c1. The Labute approximate surface area is 115 Å². The van der Waals surface area contributed by atoms with E-state index in [0.29, 0.717) is 11.5 Å². The Morgan fingerprint density at radius 3 is 2.26 bits per heavy atom. The van der Waals surface area contributed by atoms with Gasteiger partial charge in [-0.25, -0.2) is 4.79 Å². The minimum Gasteiger partial charge on any atom is -0.543 e. The Balaban J connectivity index is 3.18. The molecule has 0 aliphatic carbocycles. The van der Waals surface area contributed by atoms with E-state index in [-0.39, 0.29) is 10.6 Å². The number of hydrogen-bond acceptors (Lipinski definition) is 3. The lowest BCUT2D eigenvalue weighted by Crippen LogP contribution is -2.44. The Bertz CT molecular complexity index is 475. The van der Waals surface area contributed by atoms with Gasteiger partial charge in [0.15, 0.2) is 0 Å². The molecular weight excluding hydrogens is 260 g/mol. The van der Waals surface area contributed by atoms with Gasteiger partial charge in [-0.05, 0) is 36.3 Å². The second kappa shape index (κ2) is 5.25. The van der Waals surface area contributed by atoms with E-state index in [1.54, 1.807) is 12.1 Å². The second-order valence-electron chi connectivity index (χ2n) is 6.03. The van der Waals surface area contributed by atoms with Gasteiger partial charge in [-0.15, -0.1) is 0 Å². The fourth-order valence-corrected chi connectivity index (χ4v) is 2.35. The predicted octanol–water partition coefficient (Wildman–Crippen LogP) is 3.78. The summed E-state index contributed by atoms with van der Waals surface area (Å²) in [6, 6.07) is 4.88. The van der Waals surface area contributed by atoms with Crippen molar-refractivity contribution in [2.24, 2.45) is 0 Å². The zero-order valence-electron chi connectivity index (χ0n) is 12.4.